The Labute approximate surface area is 51.0 Å². The van der Waals surface area contributed by atoms with Crippen molar-refractivity contribution in [2.75, 3.05) is 6.61 Å². The van der Waals surface area contributed by atoms with Crippen LogP contribution in [0.25, 0.3) is 0 Å². The molecule has 0 N–H and O–H groups in total. The highest BCUT2D eigenvalue weighted by atomic mass is 16.5. The molecule has 1 unspecified atom stereocenters. The van der Waals surface area contributed by atoms with Gasteiger partial charge in [0.25, 0.3) is 0 Å². The second-order valence-electron chi connectivity index (χ2n) is 1.68. The summed E-state index contributed by atoms with van der Waals surface area (Å²) >= 11 is 0. The van der Waals surface area contributed by atoms with Crippen LogP contribution in [0.15, 0.2) is 0 Å². The van der Waals surface area contributed by atoms with E-state index in [4.69, 9.17) is 11.2 Å². The highest BCUT2D eigenvalue weighted by Crippen LogP contribution is 1.87. The highest BCUT2D eigenvalue weighted by Gasteiger charge is 1.90. The average Bonchev–Trinajstić information content (AvgIpc) is 1.83. The molecule has 0 aliphatic rings. The number of ether oxygens (including phenoxy) is 1. The molecule has 8 heavy (non-hydrogen) atoms. The summed E-state index contributed by atoms with van der Waals surface area (Å²) in [5, 5.41) is 0. The molecule has 0 aromatic rings. The lowest BCUT2D eigenvalue weighted by molar-refractivity contribution is 0.104. The quantitative estimate of drug-likeness (QED) is 0.502. The molecule has 0 aromatic carbocycles. The molecule has 0 spiro atoms. The van der Waals surface area contributed by atoms with Gasteiger partial charge in [-0.15, -0.1) is 6.42 Å². The number of hydrogen-bond donors (Lipinski definition) is 0. The minimum absolute atomic E-state index is 0.0186. The van der Waals surface area contributed by atoms with Gasteiger partial charge in [-0.05, 0) is 13.3 Å². The number of terminal acetylenes is 1. The minimum atomic E-state index is -0.0186. The van der Waals surface area contributed by atoms with Crippen LogP contribution in [0.5, 0.6) is 0 Å². The van der Waals surface area contributed by atoms with Gasteiger partial charge in [-0.1, -0.05) is 12.8 Å². The zero-order chi connectivity index (χ0) is 6.41. The van der Waals surface area contributed by atoms with E-state index in [1.807, 2.05) is 6.92 Å². The van der Waals surface area contributed by atoms with Gasteiger partial charge < -0.3 is 4.74 Å². The fraction of sp³-hybridized carbons (Fsp3) is 0.714. The van der Waals surface area contributed by atoms with Crippen LogP contribution in [-0.4, -0.2) is 12.7 Å². The van der Waals surface area contributed by atoms with Crippen molar-refractivity contribution in [1.82, 2.24) is 0 Å². The monoisotopic (exact) mass is 112 g/mol. The SMILES string of the molecule is C#CC(C)OCCC. The molecule has 0 fully saturated rings. The molecule has 0 heterocycles. The van der Waals surface area contributed by atoms with Crippen molar-refractivity contribution in [2.45, 2.75) is 26.4 Å². The molecule has 1 nitrogen and oxygen atoms in total. The summed E-state index contributed by atoms with van der Waals surface area (Å²) in [4.78, 5) is 0. The van der Waals surface area contributed by atoms with Crippen LogP contribution in [0.2, 0.25) is 0 Å². The zero-order valence-corrected chi connectivity index (χ0v) is 5.48. The normalized spacial score (nSPS) is 12.6. The van der Waals surface area contributed by atoms with E-state index >= 15 is 0 Å². The summed E-state index contributed by atoms with van der Waals surface area (Å²) in [5.41, 5.74) is 0. The van der Waals surface area contributed by atoms with Gasteiger partial charge in [0.15, 0.2) is 0 Å². The Kier molecular flexibility index (Phi) is 4.39. The topological polar surface area (TPSA) is 9.23 Å². The van der Waals surface area contributed by atoms with E-state index < -0.39 is 0 Å². The first-order chi connectivity index (χ1) is 3.81. The Morgan fingerprint density at radius 2 is 2.38 bits per heavy atom. The molecular formula is C7H12O. The van der Waals surface area contributed by atoms with E-state index in [-0.39, 0.29) is 6.10 Å². The van der Waals surface area contributed by atoms with E-state index in [1.54, 1.807) is 0 Å². The molecule has 46 valence electrons. The van der Waals surface area contributed by atoms with Gasteiger partial charge in [-0.3, -0.25) is 0 Å². The Balaban J connectivity index is 3.02. The summed E-state index contributed by atoms with van der Waals surface area (Å²) in [7, 11) is 0. The molecule has 0 amide bonds. The maximum absolute atomic E-state index is 5.10. The van der Waals surface area contributed by atoms with E-state index in [9.17, 15) is 0 Å². The second-order valence-corrected chi connectivity index (χ2v) is 1.68. The van der Waals surface area contributed by atoms with Crippen LogP contribution >= 0.6 is 0 Å². The molecule has 0 aliphatic carbocycles. The summed E-state index contributed by atoms with van der Waals surface area (Å²) in [6.45, 7) is 4.70. The largest absolute Gasteiger partial charge is 0.366 e. The average molecular weight is 112 g/mol. The maximum Gasteiger partial charge on any atom is 0.115 e. The molecule has 0 saturated carbocycles. The van der Waals surface area contributed by atoms with Crippen LogP contribution in [0, 0.1) is 12.3 Å². The Morgan fingerprint density at radius 1 is 1.75 bits per heavy atom. The summed E-state index contributed by atoms with van der Waals surface area (Å²) in [6.07, 6.45) is 6.05. The fourth-order valence-electron chi connectivity index (χ4n) is 0.343. The smallest absolute Gasteiger partial charge is 0.115 e. The molecule has 1 atom stereocenters. The van der Waals surface area contributed by atoms with Crippen LogP contribution in [0.3, 0.4) is 0 Å². The van der Waals surface area contributed by atoms with Crippen LogP contribution in [0.1, 0.15) is 20.3 Å². The predicted octanol–water partition coefficient (Wildman–Crippen LogP) is 1.43. The molecule has 0 bridgehead atoms. The molecule has 0 rings (SSSR count). The lowest BCUT2D eigenvalue weighted by Crippen LogP contribution is -2.04. The molecule has 0 saturated heterocycles. The highest BCUT2D eigenvalue weighted by molar-refractivity contribution is 4.91. The van der Waals surface area contributed by atoms with E-state index in [0.29, 0.717) is 0 Å². The minimum Gasteiger partial charge on any atom is -0.366 e. The van der Waals surface area contributed by atoms with E-state index in [2.05, 4.69) is 12.8 Å². The molecular weight excluding hydrogens is 100 g/mol. The van der Waals surface area contributed by atoms with Gasteiger partial charge in [-0.25, -0.2) is 0 Å². The van der Waals surface area contributed by atoms with Crippen molar-refractivity contribution in [1.29, 1.82) is 0 Å². The first-order valence-electron chi connectivity index (χ1n) is 2.89. The Hall–Kier alpha value is -0.480. The van der Waals surface area contributed by atoms with Crippen molar-refractivity contribution in [3.63, 3.8) is 0 Å². The van der Waals surface area contributed by atoms with Crippen molar-refractivity contribution in [3.05, 3.63) is 0 Å². The number of rotatable bonds is 3. The molecule has 0 aromatic heterocycles. The fourth-order valence-corrected chi connectivity index (χ4v) is 0.343. The first-order valence-corrected chi connectivity index (χ1v) is 2.89. The van der Waals surface area contributed by atoms with Gasteiger partial charge in [0.1, 0.15) is 6.10 Å². The van der Waals surface area contributed by atoms with Crippen molar-refractivity contribution < 1.29 is 4.74 Å². The van der Waals surface area contributed by atoms with Gasteiger partial charge in [-0.2, -0.15) is 0 Å². The van der Waals surface area contributed by atoms with Crippen LogP contribution < -0.4 is 0 Å². The number of hydrogen-bond acceptors (Lipinski definition) is 1. The third-order valence-electron chi connectivity index (χ3n) is 0.807. The first kappa shape index (κ1) is 7.52. The molecule has 1 heteroatoms. The third-order valence-corrected chi connectivity index (χ3v) is 0.807. The van der Waals surface area contributed by atoms with Gasteiger partial charge in [0, 0.05) is 6.61 Å². The van der Waals surface area contributed by atoms with E-state index in [1.165, 1.54) is 0 Å². The third kappa shape index (κ3) is 3.70. The molecule has 0 radical (unpaired) electrons. The predicted molar refractivity (Wildman–Crippen MR) is 34.5 cm³/mol. The lowest BCUT2D eigenvalue weighted by atomic mass is 10.4. The zero-order valence-electron chi connectivity index (χ0n) is 5.48. The van der Waals surface area contributed by atoms with Crippen LogP contribution in [0.4, 0.5) is 0 Å². The maximum atomic E-state index is 5.10. The van der Waals surface area contributed by atoms with Crippen LogP contribution in [-0.2, 0) is 4.74 Å². The summed E-state index contributed by atoms with van der Waals surface area (Å²) < 4.78 is 5.10. The Morgan fingerprint density at radius 3 is 2.75 bits per heavy atom. The van der Waals surface area contributed by atoms with Gasteiger partial charge >= 0.3 is 0 Å². The van der Waals surface area contributed by atoms with E-state index in [0.717, 1.165) is 13.0 Å². The molecule has 0 aliphatic heterocycles. The lowest BCUT2D eigenvalue weighted by Gasteiger charge is -2.02. The second kappa shape index (κ2) is 4.67. The van der Waals surface area contributed by atoms with Crippen molar-refractivity contribution in [3.8, 4) is 12.3 Å². The van der Waals surface area contributed by atoms with Crippen molar-refractivity contribution in [2.24, 2.45) is 0 Å². The standard InChI is InChI=1S/C7H12O/c1-4-6-8-7(3)5-2/h2,7H,4,6H2,1,3H3. The summed E-state index contributed by atoms with van der Waals surface area (Å²) in [5.74, 6) is 2.48. The van der Waals surface area contributed by atoms with Crippen molar-refractivity contribution >= 4 is 0 Å². The van der Waals surface area contributed by atoms with Gasteiger partial charge in [0.2, 0.25) is 0 Å². The summed E-state index contributed by atoms with van der Waals surface area (Å²) in [6, 6.07) is 0. The van der Waals surface area contributed by atoms with Gasteiger partial charge in [0.05, 0.1) is 0 Å². The Bertz CT molecular complexity index is 80.9.